The summed E-state index contributed by atoms with van der Waals surface area (Å²) in [6.07, 6.45) is 14.1. The number of hydrogen-bond donors (Lipinski definition) is 0. The van der Waals surface area contributed by atoms with E-state index in [1.54, 1.807) is 0 Å². The maximum Gasteiger partial charge on any atom is 0.0718 e. The van der Waals surface area contributed by atoms with Crippen LogP contribution in [0.15, 0.2) is 71.3 Å². The highest BCUT2D eigenvalue weighted by atomic mass is 14.8. The zero-order chi connectivity index (χ0) is 18.8. The molecule has 1 heterocycles. The van der Waals surface area contributed by atoms with Crippen LogP contribution in [0.25, 0.3) is 10.8 Å². The first kappa shape index (κ1) is 18.0. The Bertz CT molecular complexity index is 965. The molecule has 27 heavy (non-hydrogen) atoms. The molecule has 0 atom stereocenters. The molecule has 2 aromatic rings. The van der Waals surface area contributed by atoms with E-state index in [0.29, 0.717) is 0 Å². The highest BCUT2D eigenvalue weighted by Crippen LogP contribution is 2.38. The first-order chi connectivity index (χ1) is 13.1. The van der Waals surface area contributed by atoms with Gasteiger partial charge >= 0.3 is 0 Å². The predicted octanol–water partition coefficient (Wildman–Crippen LogP) is 7.48. The standard InChI is InChI=1S/C26H29N/c1-4-18(2)14-19(3)12-13-24-23-17-21(15-20-8-5-6-9-20)16-22-10-7-11-25(27-24)26(22)23/h4,7,10-12,14,16-17,20H,1,5-6,8-9,13,15H2,2-3H3/b18-14-,19-12-. The van der Waals surface area contributed by atoms with Gasteiger partial charge in [0.2, 0.25) is 0 Å². The SMILES string of the molecule is C=C/C(C)=C\C(C)=C/CC1=Nc2cccc3cc(CC4CCCC4)cc1c23. The van der Waals surface area contributed by atoms with Crippen LogP contribution in [0, 0.1) is 5.92 Å². The molecule has 0 N–H and O–H groups in total. The van der Waals surface area contributed by atoms with Crippen LogP contribution in [-0.4, -0.2) is 5.71 Å². The Kier molecular flexibility index (Phi) is 5.11. The summed E-state index contributed by atoms with van der Waals surface area (Å²) in [5.41, 5.74) is 7.64. The molecule has 0 aromatic heterocycles. The van der Waals surface area contributed by atoms with E-state index in [1.165, 1.54) is 70.9 Å². The van der Waals surface area contributed by atoms with E-state index in [4.69, 9.17) is 4.99 Å². The monoisotopic (exact) mass is 355 g/mol. The minimum Gasteiger partial charge on any atom is -0.252 e. The van der Waals surface area contributed by atoms with Crippen molar-refractivity contribution in [3.05, 3.63) is 77.4 Å². The van der Waals surface area contributed by atoms with Gasteiger partial charge in [-0.3, -0.25) is 4.99 Å². The first-order valence-corrected chi connectivity index (χ1v) is 10.2. The molecular weight excluding hydrogens is 326 g/mol. The van der Waals surface area contributed by atoms with E-state index < -0.39 is 0 Å². The number of aliphatic imine (C=N–C) groups is 1. The van der Waals surface area contributed by atoms with Crippen molar-refractivity contribution in [1.82, 2.24) is 0 Å². The van der Waals surface area contributed by atoms with Crippen molar-refractivity contribution in [3.8, 4) is 0 Å². The maximum atomic E-state index is 4.97. The van der Waals surface area contributed by atoms with Crippen LogP contribution in [0.4, 0.5) is 5.69 Å². The summed E-state index contributed by atoms with van der Waals surface area (Å²) < 4.78 is 0. The van der Waals surface area contributed by atoms with E-state index in [0.717, 1.165) is 18.0 Å². The highest BCUT2D eigenvalue weighted by Gasteiger charge is 2.21. The Labute approximate surface area is 163 Å². The van der Waals surface area contributed by atoms with Crippen LogP contribution >= 0.6 is 0 Å². The molecule has 4 rings (SSSR count). The minimum absolute atomic E-state index is 0.869. The number of allylic oxidation sites excluding steroid dienone is 5. The van der Waals surface area contributed by atoms with Gasteiger partial charge in [0, 0.05) is 17.4 Å². The quantitative estimate of drug-likeness (QED) is 0.476. The Hall–Kier alpha value is -2.41. The van der Waals surface area contributed by atoms with Gasteiger partial charge in [0.05, 0.1) is 11.4 Å². The lowest BCUT2D eigenvalue weighted by molar-refractivity contribution is 0.547. The number of rotatable bonds is 6. The molecule has 138 valence electrons. The predicted molar refractivity (Wildman–Crippen MR) is 118 cm³/mol. The van der Waals surface area contributed by atoms with Crippen LogP contribution in [0.1, 0.15) is 57.1 Å². The summed E-state index contributed by atoms with van der Waals surface area (Å²) in [4.78, 5) is 4.97. The van der Waals surface area contributed by atoms with E-state index >= 15 is 0 Å². The van der Waals surface area contributed by atoms with Gasteiger partial charge in [0.25, 0.3) is 0 Å². The van der Waals surface area contributed by atoms with Gasteiger partial charge in [-0.05, 0) is 49.3 Å². The molecule has 0 spiro atoms. The van der Waals surface area contributed by atoms with Crippen LogP contribution in [0.2, 0.25) is 0 Å². The molecule has 0 unspecified atom stereocenters. The van der Waals surface area contributed by atoms with E-state index in [-0.39, 0.29) is 0 Å². The fourth-order valence-corrected chi connectivity index (χ4v) is 4.55. The largest absolute Gasteiger partial charge is 0.252 e. The molecule has 0 bridgehead atoms. The molecule has 2 aromatic carbocycles. The number of hydrogen-bond acceptors (Lipinski definition) is 1. The summed E-state index contributed by atoms with van der Waals surface area (Å²) in [5, 5.41) is 2.69. The Morgan fingerprint density at radius 3 is 2.74 bits per heavy atom. The van der Waals surface area contributed by atoms with Crippen molar-refractivity contribution in [2.75, 3.05) is 0 Å². The van der Waals surface area contributed by atoms with Gasteiger partial charge in [0.1, 0.15) is 0 Å². The average molecular weight is 356 g/mol. The zero-order valence-electron chi connectivity index (χ0n) is 16.6. The molecule has 0 saturated heterocycles. The second kappa shape index (κ2) is 7.68. The van der Waals surface area contributed by atoms with Gasteiger partial charge in [0.15, 0.2) is 0 Å². The molecule has 1 aliphatic carbocycles. The molecule has 2 aliphatic rings. The van der Waals surface area contributed by atoms with Crippen molar-refractivity contribution in [1.29, 1.82) is 0 Å². The van der Waals surface area contributed by atoms with Crippen molar-refractivity contribution in [2.45, 2.75) is 52.4 Å². The van der Waals surface area contributed by atoms with Crippen LogP contribution in [0.3, 0.4) is 0 Å². The van der Waals surface area contributed by atoms with Crippen molar-refractivity contribution in [3.63, 3.8) is 0 Å². The molecular formula is C26H29N. The Morgan fingerprint density at radius 1 is 1.15 bits per heavy atom. The number of benzene rings is 2. The fraction of sp³-hybridized carbons (Fsp3) is 0.346. The third-order valence-electron chi connectivity index (χ3n) is 5.97. The van der Waals surface area contributed by atoms with Gasteiger partial charge in [-0.25, -0.2) is 0 Å². The topological polar surface area (TPSA) is 12.4 Å². The van der Waals surface area contributed by atoms with Crippen LogP contribution in [-0.2, 0) is 6.42 Å². The fourth-order valence-electron chi connectivity index (χ4n) is 4.55. The van der Waals surface area contributed by atoms with E-state index in [1.807, 2.05) is 6.08 Å². The zero-order valence-corrected chi connectivity index (χ0v) is 16.6. The molecule has 1 saturated carbocycles. The lowest BCUT2D eigenvalue weighted by Gasteiger charge is -2.12. The van der Waals surface area contributed by atoms with Crippen molar-refractivity contribution in [2.24, 2.45) is 10.9 Å². The smallest absolute Gasteiger partial charge is 0.0718 e. The van der Waals surface area contributed by atoms with Crippen molar-refractivity contribution >= 4 is 22.2 Å². The summed E-state index contributed by atoms with van der Waals surface area (Å²) in [7, 11) is 0. The van der Waals surface area contributed by atoms with E-state index in [2.05, 4.69) is 62.9 Å². The van der Waals surface area contributed by atoms with Crippen LogP contribution in [0.5, 0.6) is 0 Å². The first-order valence-electron chi connectivity index (χ1n) is 10.2. The summed E-state index contributed by atoms with van der Waals surface area (Å²) in [6, 6.07) is 11.4. The summed E-state index contributed by atoms with van der Waals surface area (Å²) in [6.45, 7) is 8.08. The second-order valence-electron chi connectivity index (χ2n) is 8.18. The van der Waals surface area contributed by atoms with Gasteiger partial charge < -0.3 is 0 Å². The lowest BCUT2D eigenvalue weighted by Crippen LogP contribution is -2.02. The summed E-state index contributed by atoms with van der Waals surface area (Å²) in [5.74, 6) is 0.869. The summed E-state index contributed by atoms with van der Waals surface area (Å²) >= 11 is 0. The van der Waals surface area contributed by atoms with Crippen LogP contribution < -0.4 is 0 Å². The van der Waals surface area contributed by atoms with Gasteiger partial charge in [-0.15, -0.1) is 0 Å². The Balaban J connectivity index is 1.65. The third kappa shape index (κ3) is 3.83. The average Bonchev–Trinajstić information content (AvgIpc) is 3.29. The highest BCUT2D eigenvalue weighted by molar-refractivity contribution is 6.20. The molecule has 1 heteroatoms. The molecule has 0 amide bonds. The molecule has 1 aliphatic heterocycles. The lowest BCUT2D eigenvalue weighted by atomic mass is 9.92. The third-order valence-corrected chi connectivity index (χ3v) is 5.97. The van der Waals surface area contributed by atoms with Crippen molar-refractivity contribution < 1.29 is 0 Å². The maximum absolute atomic E-state index is 4.97. The van der Waals surface area contributed by atoms with E-state index in [9.17, 15) is 0 Å². The molecule has 1 fully saturated rings. The van der Waals surface area contributed by atoms with Gasteiger partial charge in [-0.2, -0.15) is 0 Å². The van der Waals surface area contributed by atoms with Gasteiger partial charge in [-0.1, -0.05) is 79.8 Å². The Morgan fingerprint density at radius 2 is 1.96 bits per heavy atom. The molecule has 0 radical (unpaired) electrons. The minimum atomic E-state index is 0.869. The second-order valence-corrected chi connectivity index (χ2v) is 8.18. The normalized spacial score (nSPS) is 17.6. The molecule has 1 nitrogen and oxygen atoms in total. The number of nitrogens with zero attached hydrogens (tertiary/aromatic N) is 1.